The number of carbonyl (C=O) groups excluding carboxylic acids is 1. The van der Waals surface area contributed by atoms with E-state index in [9.17, 15) is 9.59 Å². The van der Waals surface area contributed by atoms with Crippen LogP contribution in [0.4, 0.5) is 17.1 Å². The Morgan fingerprint density at radius 2 is 1.85 bits per heavy atom. The fourth-order valence-corrected chi connectivity index (χ4v) is 6.00. The molecule has 8 heteroatoms. The van der Waals surface area contributed by atoms with Crippen LogP contribution >= 0.6 is 12.2 Å². The van der Waals surface area contributed by atoms with E-state index in [1.54, 1.807) is 11.0 Å². The third kappa shape index (κ3) is 6.01. The van der Waals surface area contributed by atoms with Crippen molar-refractivity contribution in [3.63, 3.8) is 0 Å². The molecule has 0 spiro atoms. The maximum atomic E-state index is 13.2. The summed E-state index contributed by atoms with van der Waals surface area (Å²) in [4.78, 5) is 29.9. The number of benzene rings is 2. The first kappa shape index (κ1) is 26.9. The largest absolute Gasteiger partial charge is 0.369 e. The molecule has 7 nitrogen and oxygen atoms in total. The molecule has 1 fully saturated rings. The molecule has 2 atom stereocenters. The number of carbonyl (C=O) groups is 1. The average molecular weight is 544 g/mol. The second kappa shape index (κ2) is 11.6. The van der Waals surface area contributed by atoms with Crippen LogP contribution < -0.4 is 21.1 Å². The number of nitrogens with zero attached hydrogens (tertiary/aromatic N) is 3. The Balaban J connectivity index is 1.43. The second-order valence-electron chi connectivity index (χ2n) is 10.9. The van der Waals surface area contributed by atoms with Gasteiger partial charge in [-0.15, -0.1) is 0 Å². The molecule has 0 aliphatic carbocycles. The number of aryl methyl sites for hydroxylation is 1. The Bertz CT molecular complexity index is 1420. The van der Waals surface area contributed by atoms with Crippen LogP contribution in [0.2, 0.25) is 0 Å². The van der Waals surface area contributed by atoms with E-state index in [-0.39, 0.29) is 17.4 Å². The van der Waals surface area contributed by atoms with Crippen LogP contribution in [0.5, 0.6) is 0 Å². The van der Waals surface area contributed by atoms with Gasteiger partial charge in [0.25, 0.3) is 11.5 Å². The summed E-state index contributed by atoms with van der Waals surface area (Å²) in [6.45, 7) is 7.28. The number of piperidine rings is 1. The quantitative estimate of drug-likeness (QED) is 0.386. The number of amides is 1. The molecule has 1 aromatic heterocycles. The number of thiocarbonyl (C=S) groups is 1. The van der Waals surface area contributed by atoms with Crippen molar-refractivity contribution in [3.05, 3.63) is 87.8 Å². The molecule has 39 heavy (non-hydrogen) atoms. The molecule has 2 bridgehead atoms. The maximum Gasteiger partial charge on any atom is 0.253 e. The lowest BCUT2D eigenvalue weighted by molar-refractivity contribution is 0.0793. The van der Waals surface area contributed by atoms with E-state index < -0.39 is 0 Å². The van der Waals surface area contributed by atoms with Crippen LogP contribution in [0.1, 0.15) is 53.7 Å². The van der Waals surface area contributed by atoms with Crippen molar-refractivity contribution in [2.45, 2.75) is 45.6 Å². The number of unbranched alkanes of at least 4 members (excludes halogenated alkanes) is 1. The fourth-order valence-electron chi connectivity index (χ4n) is 5.78. The maximum absolute atomic E-state index is 13.2. The highest BCUT2D eigenvalue weighted by Gasteiger charge is 2.35. The van der Waals surface area contributed by atoms with E-state index in [2.05, 4.69) is 35.4 Å². The Kier molecular flexibility index (Phi) is 8.02. The summed E-state index contributed by atoms with van der Waals surface area (Å²) in [6.07, 6.45) is 3.08. The first-order valence-electron chi connectivity index (χ1n) is 13.8. The van der Waals surface area contributed by atoms with Gasteiger partial charge in [-0.2, -0.15) is 0 Å². The standard InChI is InChI=1S/C31H37N5O2S/c1-4-5-15-34(3)30(38)23-11-14-28(26(17-23)33-31(39)32-25-12-9-21(2)10-13-25)35-18-22-16-24(20-35)27-7-6-8-29(37)36(27)19-22/h6-14,17,22,24H,4-5,15-16,18-20H2,1-3H3,(H2,32,33,39)/t22-,24+/m1/s1. The van der Waals surface area contributed by atoms with Crippen LogP contribution in [0.25, 0.3) is 0 Å². The van der Waals surface area contributed by atoms with Crippen molar-refractivity contribution in [2.24, 2.45) is 5.92 Å². The van der Waals surface area contributed by atoms with Crippen LogP contribution in [0.15, 0.2) is 65.5 Å². The third-order valence-electron chi connectivity index (χ3n) is 7.82. The zero-order valence-corrected chi connectivity index (χ0v) is 23.8. The average Bonchev–Trinajstić information content (AvgIpc) is 2.93. The molecule has 2 aromatic carbocycles. The Hall–Kier alpha value is -3.65. The van der Waals surface area contributed by atoms with Crippen LogP contribution in [-0.2, 0) is 6.54 Å². The predicted molar refractivity (Wildman–Crippen MR) is 163 cm³/mol. The summed E-state index contributed by atoms with van der Waals surface area (Å²) in [5.74, 6) is 0.654. The number of anilines is 3. The molecule has 3 heterocycles. The SMILES string of the molecule is CCCCN(C)C(=O)c1ccc(N2C[C@H]3C[C@@H](C2)c2cccc(=O)n2C3)c(NC(=S)Nc2ccc(C)cc2)c1. The zero-order chi connectivity index (χ0) is 27.5. The van der Waals surface area contributed by atoms with Gasteiger partial charge in [-0.25, -0.2) is 0 Å². The second-order valence-corrected chi connectivity index (χ2v) is 11.3. The molecule has 0 unspecified atom stereocenters. The van der Waals surface area contributed by atoms with Gasteiger partial charge in [0.2, 0.25) is 0 Å². The molecule has 1 amide bonds. The summed E-state index contributed by atoms with van der Waals surface area (Å²) in [5, 5.41) is 7.14. The molecule has 1 saturated heterocycles. The number of pyridine rings is 1. The molecule has 3 aromatic rings. The Labute approximate surface area is 235 Å². The summed E-state index contributed by atoms with van der Waals surface area (Å²) < 4.78 is 1.95. The van der Waals surface area contributed by atoms with Gasteiger partial charge in [0, 0.05) is 62.2 Å². The third-order valence-corrected chi connectivity index (χ3v) is 8.02. The molecule has 0 saturated carbocycles. The van der Waals surface area contributed by atoms with Gasteiger partial charge in [-0.3, -0.25) is 9.59 Å². The number of nitrogens with one attached hydrogen (secondary N) is 2. The number of fused-ring (bicyclic) bond motifs is 4. The number of rotatable bonds is 7. The topological polar surface area (TPSA) is 69.6 Å². The van der Waals surface area contributed by atoms with Crippen LogP contribution in [-0.4, -0.2) is 47.2 Å². The molecule has 2 aliphatic heterocycles. The zero-order valence-electron chi connectivity index (χ0n) is 22.9. The van der Waals surface area contributed by atoms with Gasteiger partial charge < -0.3 is 25.0 Å². The number of aromatic nitrogens is 1. The molecule has 0 radical (unpaired) electrons. The van der Waals surface area contributed by atoms with Crippen molar-refractivity contribution in [1.82, 2.24) is 9.47 Å². The number of hydrogen-bond donors (Lipinski definition) is 2. The van der Waals surface area contributed by atoms with E-state index in [1.807, 2.05) is 60.1 Å². The van der Waals surface area contributed by atoms with E-state index in [1.165, 1.54) is 5.56 Å². The van der Waals surface area contributed by atoms with E-state index in [0.29, 0.717) is 16.6 Å². The van der Waals surface area contributed by atoms with Crippen LogP contribution in [0, 0.1) is 12.8 Å². The summed E-state index contributed by atoms with van der Waals surface area (Å²) >= 11 is 5.70. The molecule has 204 valence electrons. The molecular formula is C31H37N5O2S. The van der Waals surface area contributed by atoms with Crippen molar-refractivity contribution in [3.8, 4) is 0 Å². The minimum Gasteiger partial charge on any atom is -0.369 e. The Morgan fingerprint density at radius 1 is 1.05 bits per heavy atom. The first-order valence-corrected chi connectivity index (χ1v) is 14.2. The lowest BCUT2D eigenvalue weighted by atomic mass is 9.83. The predicted octanol–water partition coefficient (Wildman–Crippen LogP) is 5.46. The summed E-state index contributed by atoms with van der Waals surface area (Å²) in [5.41, 5.74) is 5.73. The van der Waals surface area contributed by atoms with E-state index in [4.69, 9.17) is 12.2 Å². The van der Waals surface area contributed by atoms with Gasteiger partial charge in [-0.05, 0) is 74.3 Å². The van der Waals surface area contributed by atoms with Gasteiger partial charge in [-0.1, -0.05) is 37.1 Å². The molecular weight excluding hydrogens is 506 g/mol. The lowest BCUT2D eigenvalue weighted by Crippen LogP contribution is -2.47. The van der Waals surface area contributed by atoms with Crippen molar-refractivity contribution < 1.29 is 4.79 Å². The van der Waals surface area contributed by atoms with Gasteiger partial charge >= 0.3 is 0 Å². The molecule has 5 rings (SSSR count). The highest BCUT2D eigenvalue weighted by Crippen LogP contribution is 2.39. The van der Waals surface area contributed by atoms with Gasteiger partial charge in [0.15, 0.2) is 5.11 Å². The summed E-state index contributed by atoms with van der Waals surface area (Å²) in [7, 11) is 1.85. The monoisotopic (exact) mass is 543 g/mol. The van der Waals surface area contributed by atoms with Crippen molar-refractivity contribution in [1.29, 1.82) is 0 Å². The van der Waals surface area contributed by atoms with Crippen LogP contribution in [0.3, 0.4) is 0 Å². The highest BCUT2D eigenvalue weighted by molar-refractivity contribution is 7.80. The van der Waals surface area contributed by atoms with Crippen molar-refractivity contribution >= 4 is 40.3 Å². The Morgan fingerprint density at radius 3 is 2.62 bits per heavy atom. The minimum atomic E-state index is -0.000668. The minimum absolute atomic E-state index is 0.000668. The normalized spacial score (nSPS) is 17.8. The van der Waals surface area contributed by atoms with Crippen molar-refractivity contribution in [2.75, 3.05) is 42.2 Å². The fraction of sp³-hybridized carbons (Fsp3) is 0.387. The lowest BCUT2D eigenvalue weighted by Gasteiger charge is -2.44. The molecule has 2 N–H and O–H groups in total. The van der Waals surface area contributed by atoms with Gasteiger partial charge in [0.1, 0.15) is 0 Å². The van der Waals surface area contributed by atoms with E-state index in [0.717, 1.165) is 68.2 Å². The van der Waals surface area contributed by atoms with Gasteiger partial charge in [0.05, 0.1) is 11.4 Å². The molecule has 2 aliphatic rings. The van der Waals surface area contributed by atoms with E-state index >= 15 is 0 Å². The number of hydrogen-bond acceptors (Lipinski definition) is 4. The first-order chi connectivity index (χ1) is 18.8. The highest BCUT2D eigenvalue weighted by atomic mass is 32.1. The smallest absolute Gasteiger partial charge is 0.253 e. The summed E-state index contributed by atoms with van der Waals surface area (Å²) in [6, 6.07) is 19.6.